The van der Waals surface area contributed by atoms with E-state index in [9.17, 15) is 22.8 Å². The van der Waals surface area contributed by atoms with E-state index in [1.165, 1.54) is 23.0 Å². The molecule has 174 valence electrons. The van der Waals surface area contributed by atoms with Crippen molar-refractivity contribution in [3.63, 3.8) is 0 Å². The zero-order chi connectivity index (χ0) is 23.5. The van der Waals surface area contributed by atoms with Crippen LogP contribution in [0.25, 0.3) is 10.2 Å². The molecule has 2 heterocycles. The Morgan fingerprint density at radius 1 is 1.12 bits per heavy atom. The first-order valence-corrected chi connectivity index (χ1v) is 12.9. The number of aromatic nitrogens is 1. The fourth-order valence-corrected chi connectivity index (χ4v) is 6.13. The van der Waals surface area contributed by atoms with Gasteiger partial charge in [0.05, 0.1) is 17.3 Å². The summed E-state index contributed by atoms with van der Waals surface area (Å²) in [6, 6.07) is 7.18. The SMILES string of the molecule is COC(=O)Cn1c(=NC(=O)CS(=O)(=O)CC(=O)N2CC(C)CC(C)C2)sc2ccccc21. The van der Waals surface area contributed by atoms with E-state index in [0.29, 0.717) is 30.4 Å². The van der Waals surface area contributed by atoms with Crippen molar-refractivity contribution < 1.29 is 27.5 Å². The quantitative estimate of drug-likeness (QED) is 0.573. The predicted octanol–water partition coefficient (Wildman–Crippen LogP) is 1.22. The van der Waals surface area contributed by atoms with Crippen LogP contribution in [0.15, 0.2) is 29.3 Å². The van der Waals surface area contributed by atoms with E-state index in [4.69, 9.17) is 4.74 Å². The summed E-state index contributed by atoms with van der Waals surface area (Å²) in [7, 11) is -2.73. The Morgan fingerprint density at radius 2 is 1.78 bits per heavy atom. The van der Waals surface area contributed by atoms with Crippen molar-refractivity contribution in [1.82, 2.24) is 9.47 Å². The highest BCUT2D eigenvalue weighted by molar-refractivity contribution is 7.92. The van der Waals surface area contributed by atoms with Crippen LogP contribution in [0.4, 0.5) is 0 Å². The van der Waals surface area contributed by atoms with Gasteiger partial charge in [-0.05, 0) is 30.4 Å². The molecule has 1 saturated heterocycles. The Bertz CT molecular complexity index is 1190. The second-order valence-corrected chi connectivity index (χ2v) is 11.4. The molecule has 1 aliphatic heterocycles. The third-order valence-corrected chi connectivity index (χ3v) is 7.66. The highest BCUT2D eigenvalue weighted by Crippen LogP contribution is 2.21. The van der Waals surface area contributed by atoms with Gasteiger partial charge in [0.2, 0.25) is 5.91 Å². The average Bonchev–Trinajstić information content (AvgIpc) is 3.03. The number of piperidine rings is 1. The Kier molecular flexibility index (Phi) is 7.50. The number of carbonyl (C=O) groups is 3. The van der Waals surface area contributed by atoms with Gasteiger partial charge < -0.3 is 14.2 Å². The van der Waals surface area contributed by atoms with Crippen molar-refractivity contribution in [1.29, 1.82) is 0 Å². The summed E-state index contributed by atoms with van der Waals surface area (Å²) in [6.07, 6.45) is 0.995. The van der Waals surface area contributed by atoms with Crippen molar-refractivity contribution in [2.24, 2.45) is 16.8 Å². The van der Waals surface area contributed by atoms with Crippen molar-refractivity contribution in [2.75, 3.05) is 31.7 Å². The van der Waals surface area contributed by atoms with E-state index in [-0.39, 0.29) is 11.3 Å². The zero-order valence-electron chi connectivity index (χ0n) is 18.3. The summed E-state index contributed by atoms with van der Waals surface area (Å²) >= 11 is 1.17. The number of esters is 1. The molecule has 2 amide bonds. The molecule has 9 nitrogen and oxygen atoms in total. The number of amides is 2. The van der Waals surface area contributed by atoms with Crippen LogP contribution in [0.1, 0.15) is 20.3 Å². The second kappa shape index (κ2) is 9.95. The van der Waals surface area contributed by atoms with Gasteiger partial charge >= 0.3 is 5.97 Å². The number of thiazole rings is 1. The maximum atomic E-state index is 12.5. The molecule has 2 unspecified atom stereocenters. The van der Waals surface area contributed by atoms with E-state index >= 15 is 0 Å². The summed E-state index contributed by atoms with van der Waals surface area (Å²) in [5.41, 5.74) is 0.681. The first-order chi connectivity index (χ1) is 15.1. The van der Waals surface area contributed by atoms with Gasteiger partial charge in [0.1, 0.15) is 18.1 Å². The Labute approximate surface area is 190 Å². The average molecular weight is 482 g/mol. The van der Waals surface area contributed by atoms with Crippen molar-refractivity contribution in [3.05, 3.63) is 29.1 Å². The van der Waals surface area contributed by atoms with Crippen LogP contribution in [0.3, 0.4) is 0 Å². The van der Waals surface area contributed by atoms with Gasteiger partial charge in [-0.1, -0.05) is 37.3 Å². The molecule has 2 atom stereocenters. The number of para-hydroxylation sites is 1. The van der Waals surface area contributed by atoms with Crippen LogP contribution in [-0.2, 0) is 35.5 Å². The largest absolute Gasteiger partial charge is 0.468 e. The lowest BCUT2D eigenvalue weighted by molar-refractivity contribution is -0.141. The smallest absolute Gasteiger partial charge is 0.325 e. The number of methoxy groups -OCH3 is 1. The van der Waals surface area contributed by atoms with Crippen molar-refractivity contribution in [3.8, 4) is 0 Å². The molecule has 0 radical (unpaired) electrons. The number of fused-ring (bicyclic) bond motifs is 1. The number of sulfone groups is 1. The van der Waals surface area contributed by atoms with E-state index in [1.54, 1.807) is 17.0 Å². The minimum absolute atomic E-state index is 0.164. The molecule has 2 aromatic rings. The highest BCUT2D eigenvalue weighted by atomic mass is 32.2. The van der Waals surface area contributed by atoms with Crippen LogP contribution < -0.4 is 4.80 Å². The summed E-state index contributed by atoms with van der Waals surface area (Å²) in [4.78, 5) is 42.5. The van der Waals surface area contributed by atoms with E-state index in [1.807, 2.05) is 26.0 Å². The predicted molar refractivity (Wildman–Crippen MR) is 121 cm³/mol. The maximum Gasteiger partial charge on any atom is 0.325 e. The topological polar surface area (TPSA) is 115 Å². The van der Waals surface area contributed by atoms with E-state index < -0.39 is 39.1 Å². The number of likely N-dealkylation sites (tertiary alicyclic amines) is 1. The normalized spacial score (nSPS) is 19.8. The highest BCUT2D eigenvalue weighted by Gasteiger charge is 2.29. The second-order valence-electron chi connectivity index (χ2n) is 8.30. The summed E-state index contributed by atoms with van der Waals surface area (Å²) in [6.45, 7) is 4.94. The van der Waals surface area contributed by atoms with Crippen LogP contribution in [0.2, 0.25) is 0 Å². The summed E-state index contributed by atoms with van der Waals surface area (Å²) in [5.74, 6) is -2.87. The summed E-state index contributed by atoms with van der Waals surface area (Å²) < 4.78 is 32.1. The number of hydrogen-bond acceptors (Lipinski definition) is 7. The third-order valence-electron chi connectivity index (χ3n) is 5.23. The molecule has 1 aromatic carbocycles. The first kappa shape index (κ1) is 24.1. The standard InChI is InChI=1S/C21H27N3O6S2/c1-14-8-15(2)10-23(9-14)19(26)13-32(28,29)12-18(25)22-21-24(11-20(27)30-3)16-6-4-5-7-17(16)31-21/h4-7,14-15H,8-13H2,1-3H3. The molecule has 11 heteroatoms. The minimum Gasteiger partial charge on any atom is -0.468 e. The molecule has 1 fully saturated rings. The molecule has 32 heavy (non-hydrogen) atoms. The number of benzene rings is 1. The third kappa shape index (κ3) is 6.04. The molecular weight excluding hydrogens is 454 g/mol. The molecule has 0 N–H and O–H groups in total. The Balaban J connectivity index is 1.78. The van der Waals surface area contributed by atoms with E-state index in [2.05, 4.69) is 4.99 Å². The molecule has 3 rings (SSSR count). The van der Waals surface area contributed by atoms with Gasteiger partial charge in [0.25, 0.3) is 5.91 Å². The molecular formula is C21H27N3O6S2. The minimum atomic E-state index is -3.99. The van der Waals surface area contributed by atoms with E-state index in [0.717, 1.165) is 11.1 Å². The van der Waals surface area contributed by atoms with Crippen LogP contribution in [0.5, 0.6) is 0 Å². The van der Waals surface area contributed by atoms with Gasteiger partial charge in [0.15, 0.2) is 14.6 Å². The number of nitrogens with zero attached hydrogens (tertiary/aromatic N) is 3. The van der Waals surface area contributed by atoms with Crippen molar-refractivity contribution >= 4 is 49.2 Å². The Hall–Kier alpha value is -2.53. The molecule has 0 aliphatic carbocycles. The molecule has 1 aliphatic rings. The van der Waals surface area contributed by atoms with Gasteiger partial charge in [0, 0.05) is 13.1 Å². The fraction of sp³-hybridized carbons (Fsp3) is 0.524. The van der Waals surface area contributed by atoms with Gasteiger partial charge in [-0.2, -0.15) is 4.99 Å². The summed E-state index contributed by atoms with van der Waals surface area (Å²) in [5, 5.41) is 0. The van der Waals surface area contributed by atoms with Crippen LogP contribution in [0, 0.1) is 11.8 Å². The number of hydrogen-bond donors (Lipinski definition) is 0. The van der Waals surface area contributed by atoms with Crippen molar-refractivity contribution in [2.45, 2.75) is 26.8 Å². The monoisotopic (exact) mass is 481 g/mol. The lowest BCUT2D eigenvalue weighted by Crippen LogP contribution is -2.45. The van der Waals surface area contributed by atoms with Crippen LogP contribution in [-0.4, -0.2) is 67.4 Å². The fourth-order valence-electron chi connectivity index (χ4n) is 3.98. The number of carbonyl (C=O) groups excluding carboxylic acids is 3. The first-order valence-electron chi connectivity index (χ1n) is 10.3. The molecule has 1 aromatic heterocycles. The Morgan fingerprint density at radius 3 is 2.44 bits per heavy atom. The zero-order valence-corrected chi connectivity index (χ0v) is 19.9. The van der Waals surface area contributed by atoms with Gasteiger partial charge in [-0.15, -0.1) is 0 Å². The van der Waals surface area contributed by atoms with Gasteiger partial charge in [-0.25, -0.2) is 8.42 Å². The van der Waals surface area contributed by atoms with Gasteiger partial charge in [-0.3, -0.25) is 14.4 Å². The van der Waals surface area contributed by atoms with Crippen LogP contribution >= 0.6 is 11.3 Å². The lowest BCUT2D eigenvalue weighted by atomic mass is 9.92. The maximum absolute atomic E-state index is 12.5. The lowest BCUT2D eigenvalue weighted by Gasteiger charge is -2.34. The molecule has 0 bridgehead atoms. The molecule has 0 saturated carbocycles. The number of ether oxygens (including phenoxy) is 1. The molecule has 0 spiro atoms. The number of rotatable bonds is 6.